The summed E-state index contributed by atoms with van der Waals surface area (Å²) in [7, 11) is 1.96. The normalized spacial score (nSPS) is 22.3. The topological polar surface area (TPSA) is 390 Å². The van der Waals surface area contributed by atoms with Crippen LogP contribution in [0.2, 0.25) is 0 Å². The number of amidine groups is 3. The molecule has 0 amide bonds. The minimum absolute atomic E-state index is 0. The van der Waals surface area contributed by atoms with E-state index in [0.29, 0.717) is 44.3 Å². The standard InChI is InChI=1S/C18H19BrN4O.2C18H20N4O.C13H18BrNO.C12H14BrNO2.C4H4BN2O2.CH3.BrH.Li.Mg.H2O/c1-17(2)18(22-16(23-19)24-17)7-6-15-12(8-18)4-3-5-14(15)13-9-20-11-21-10-13;2*1-17(2)18(22-16(19)23-17)7-6-15-12(8-18)4-3-5-14(15)13-9-20-11-21-10-13;1-12(2,16)13(15)7-6-10-9(8-13)4-3-5-11(10)14;1-16-11(15)12(14)6-5-9-8(7-12)3-2-4-10(9)13;8-5-9-4-1-6-3-7-2-4;;;;;/h3-5,9-11H,6-8H2,1-2H3,(H,22,23);2*3-5,9-11H,6-8H2,1-2H3,(H2,19,22);3-5,16H,6-8,15H2,1-2H3;2-4H,5-7,14H2,1H3;1-3,8H;1H3;1H;;;1H2/q;;;;;;-1;;+1;+2;/p-2. The van der Waals surface area contributed by atoms with Gasteiger partial charge in [-0.15, -0.1) is 0 Å². The monoisotopic (exact) mass is 1830 g/mol. The average molecular weight is 1840 g/mol. The maximum atomic E-state index is 11.6. The van der Waals surface area contributed by atoms with E-state index in [9.17, 15) is 9.90 Å². The molecule has 5 atom stereocenters. The number of nitrogens with one attached hydrogen (secondary N) is 1. The molecule has 7 heterocycles. The summed E-state index contributed by atoms with van der Waals surface area (Å²) in [5.41, 5.74) is 40.0. The van der Waals surface area contributed by atoms with Gasteiger partial charge in [0, 0.05) is 94.0 Å². The minimum Gasteiger partial charge on any atom is -1.00 e. The maximum Gasteiger partial charge on any atom is 2.00 e. The molecule has 32 heteroatoms. The number of benzene rings is 5. The van der Waals surface area contributed by atoms with Crippen LogP contribution in [0.5, 0.6) is 5.75 Å². The zero-order chi connectivity index (χ0) is 79.2. The summed E-state index contributed by atoms with van der Waals surface area (Å²) in [5.74, 6) is 0.0955. The number of carbonyl (C=O) groups excluding carboxylic acids is 1. The van der Waals surface area contributed by atoms with Crippen molar-refractivity contribution in [1.82, 2.24) is 44.2 Å². The number of aliphatic imine (C=N–C) groups is 3. The number of fused-ring (bicyclic) bond motifs is 5. The molecule has 3 spiro atoms. The molecule has 603 valence electrons. The fourth-order valence-corrected chi connectivity index (χ4v) is 18.0. The Balaban J connectivity index is 0.000000195. The van der Waals surface area contributed by atoms with Crippen LogP contribution < -0.4 is 67.8 Å². The van der Waals surface area contributed by atoms with E-state index in [-0.39, 0.29) is 111 Å². The molecule has 4 aromatic heterocycles. The number of ether oxygens (including phenoxy) is 4. The maximum absolute atomic E-state index is 11.6. The van der Waals surface area contributed by atoms with Gasteiger partial charge >= 0.3 is 55.6 Å². The Labute approximate surface area is 744 Å². The number of rotatable bonds is 7. The van der Waals surface area contributed by atoms with E-state index in [0.717, 1.165) is 115 Å². The Hall–Kier alpha value is -7.35. The predicted molar refractivity (Wildman–Crippen MR) is 454 cm³/mol. The summed E-state index contributed by atoms with van der Waals surface area (Å²) in [6.45, 7) is 16.2. The van der Waals surface area contributed by atoms with Crippen molar-refractivity contribution in [2.45, 2.75) is 202 Å². The van der Waals surface area contributed by atoms with Gasteiger partial charge in [-0.25, -0.2) is 54.8 Å². The van der Waals surface area contributed by atoms with Crippen molar-refractivity contribution in [2.75, 3.05) is 7.11 Å². The first kappa shape index (κ1) is 95.8. The molecule has 0 fully saturated rings. The fraction of sp³-hybridized carbons (Fsp3) is 0.393. The molecule has 1 radical (unpaired) electrons. The second kappa shape index (κ2) is 39.7. The average Bonchev–Trinajstić information content (AvgIpc) is 1.57. The van der Waals surface area contributed by atoms with Gasteiger partial charge in [0.1, 0.15) is 70.0 Å². The number of carbonyl (C=O) groups is 1. The summed E-state index contributed by atoms with van der Waals surface area (Å²) in [4.78, 5) is 58.0. The summed E-state index contributed by atoms with van der Waals surface area (Å²) in [6.07, 6.45) is 32.9. The zero-order valence-corrected chi connectivity index (χ0v) is 75.3. The number of hydrogen-bond donors (Lipinski definition) is 7. The van der Waals surface area contributed by atoms with E-state index >= 15 is 0 Å². The Morgan fingerprint density at radius 3 is 1.17 bits per heavy atom. The van der Waals surface area contributed by atoms with Crippen molar-refractivity contribution < 1.29 is 79.8 Å². The fourth-order valence-electron chi connectivity index (χ4n) is 16.6. The van der Waals surface area contributed by atoms with Crippen LogP contribution in [0.4, 0.5) is 0 Å². The first-order valence-electron chi connectivity index (χ1n) is 37.0. The van der Waals surface area contributed by atoms with Gasteiger partial charge in [0.15, 0.2) is 0 Å². The van der Waals surface area contributed by atoms with Gasteiger partial charge in [-0.2, -0.15) is 0 Å². The van der Waals surface area contributed by atoms with E-state index in [1.54, 1.807) is 32.8 Å². The van der Waals surface area contributed by atoms with E-state index in [1.807, 2.05) is 61.4 Å². The third-order valence-corrected chi connectivity index (χ3v) is 25.2. The van der Waals surface area contributed by atoms with Crippen molar-refractivity contribution in [3.05, 3.63) is 238 Å². The third-order valence-electron chi connectivity index (χ3n) is 23.3. The van der Waals surface area contributed by atoms with E-state index in [1.165, 1.54) is 92.6 Å². The largest absolute Gasteiger partial charge is 2.00 e. The Morgan fingerprint density at radius 2 is 0.836 bits per heavy atom. The van der Waals surface area contributed by atoms with Crippen LogP contribution in [0, 0.1) is 7.43 Å². The number of hydrogen-bond acceptors (Lipinski definition) is 25. The van der Waals surface area contributed by atoms with Gasteiger partial charge in [0.25, 0.3) is 18.1 Å². The van der Waals surface area contributed by atoms with Crippen LogP contribution in [-0.4, -0.2) is 167 Å². The van der Waals surface area contributed by atoms with E-state index < -0.39 is 16.7 Å². The van der Waals surface area contributed by atoms with Crippen LogP contribution in [0.1, 0.15) is 143 Å². The van der Waals surface area contributed by atoms with Crippen molar-refractivity contribution in [3.8, 4) is 39.1 Å². The second-order valence-corrected chi connectivity index (χ2v) is 33.5. The number of halogens is 4. The number of aromatic nitrogens is 8. The summed E-state index contributed by atoms with van der Waals surface area (Å²) < 4.78 is 32.0. The smallest absolute Gasteiger partial charge is 1.00 e. The van der Waals surface area contributed by atoms with Crippen molar-refractivity contribution in [3.63, 3.8) is 0 Å². The molecule has 0 saturated carbocycles. The number of nitrogens with two attached hydrogens (primary N) is 4. The molecule has 12 N–H and O–H groups in total. The molecular formula is C84H99BBr4LiMgN16O9. The molecule has 5 unspecified atom stereocenters. The van der Waals surface area contributed by atoms with Crippen LogP contribution in [0.25, 0.3) is 33.4 Å². The summed E-state index contributed by atoms with van der Waals surface area (Å²) in [5, 5.41) is 18.3. The molecule has 17 rings (SSSR count). The van der Waals surface area contributed by atoms with Gasteiger partial charge in [-0.1, -0.05) is 111 Å². The summed E-state index contributed by atoms with van der Waals surface area (Å²) in [6, 6.07) is 32.7. The molecule has 5 aromatic carbocycles. The van der Waals surface area contributed by atoms with Gasteiger partial charge in [0.2, 0.25) is 0 Å². The molecule has 9 aromatic rings. The van der Waals surface area contributed by atoms with E-state index in [4.69, 9.17) is 51.9 Å². The predicted octanol–water partition coefficient (Wildman–Crippen LogP) is 5.92. The third kappa shape index (κ3) is 20.6. The first-order chi connectivity index (χ1) is 52.9. The Kier molecular flexibility index (Phi) is 32.8. The van der Waals surface area contributed by atoms with Gasteiger partial charge in [-0.3, -0.25) is 9.14 Å². The number of aliphatic hydroxyl groups is 1. The van der Waals surface area contributed by atoms with Crippen LogP contribution in [0.15, 0.2) is 190 Å². The van der Waals surface area contributed by atoms with Gasteiger partial charge in [0.05, 0.1) is 41.3 Å². The number of nitrogens with zero attached hydrogens (tertiary/aromatic N) is 11. The summed E-state index contributed by atoms with van der Waals surface area (Å²) >= 11 is 10.3. The van der Waals surface area contributed by atoms with Gasteiger partial charge < -0.3 is 86.6 Å². The van der Waals surface area contributed by atoms with E-state index in [2.05, 4.69) is 215 Å². The molecule has 8 aliphatic rings. The number of esters is 1. The van der Waals surface area contributed by atoms with Crippen molar-refractivity contribution in [2.24, 2.45) is 37.9 Å². The molecule has 0 bridgehead atoms. The van der Waals surface area contributed by atoms with Crippen molar-refractivity contribution in [1.29, 1.82) is 0 Å². The van der Waals surface area contributed by atoms with Crippen LogP contribution in [-0.2, 0) is 88.0 Å². The molecule has 5 aliphatic carbocycles. The molecule has 25 nitrogen and oxygen atoms in total. The van der Waals surface area contributed by atoms with Crippen molar-refractivity contribution >= 4 is 103 Å². The zero-order valence-electron chi connectivity index (χ0n) is 67.5. The second-order valence-electron chi connectivity index (χ2n) is 31.4. The minimum atomic E-state index is -0.859. The molecular weight excluding hydrogens is 1740 g/mol. The number of methoxy groups -OCH3 is 1. The SMILES string of the molecule is CC(C)(O)C1(N)CCc2c(Br)cccc2C1.CC1(C)OC(N)=NC12CCc1c(cccc1-c1cncnc1)C2.CC1(C)OC(N)=NC12CCc1c(cccc1-c1cncnc1)C2.CC1(C)OC(NBr)=NC12CCc1c(cccc1-c1cncnc1)C2.COC(=O)C1(N)CCc2c(Br)cccc2C1.O[B]Oc1cncnc1.[Br-].[CH3-].[Li+].[Mg+2].[OH-]. The quantitative estimate of drug-likeness (QED) is 0.0421. The first-order valence-corrected chi connectivity index (χ1v) is 39.4. The van der Waals surface area contributed by atoms with Crippen LogP contribution >= 0.6 is 48.0 Å². The molecule has 3 aliphatic heterocycles. The molecule has 0 saturated heterocycles. The molecule has 116 heavy (non-hydrogen) atoms. The van der Waals surface area contributed by atoms with Crippen LogP contribution in [0.3, 0.4) is 0 Å². The Bertz CT molecular complexity index is 4800. The Morgan fingerprint density at radius 1 is 0.509 bits per heavy atom. The van der Waals surface area contributed by atoms with Gasteiger partial charge in [-0.05, 0) is 210 Å².